The van der Waals surface area contributed by atoms with Crippen molar-refractivity contribution in [1.29, 1.82) is 0 Å². The molecule has 2 amide bonds. The third kappa shape index (κ3) is 3.06. The zero-order valence-corrected chi connectivity index (χ0v) is 20.5. The van der Waals surface area contributed by atoms with Crippen molar-refractivity contribution in [3.05, 3.63) is 88.4 Å². The zero-order chi connectivity index (χ0) is 26.1. The van der Waals surface area contributed by atoms with Crippen molar-refractivity contribution in [1.82, 2.24) is 0 Å². The van der Waals surface area contributed by atoms with Gasteiger partial charge < -0.3 is 14.2 Å². The summed E-state index contributed by atoms with van der Waals surface area (Å²) in [6.45, 7) is 0. The van der Waals surface area contributed by atoms with Crippen LogP contribution in [0.15, 0.2) is 66.7 Å². The molecule has 2 heterocycles. The van der Waals surface area contributed by atoms with Crippen LogP contribution in [0.4, 0.5) is 5.69 Å². The SMILES string of the molecule is COc1ccc(N2C(=O)C3C(c4ccc(Cl)cc4)OC4(C(=O)c5ccccc5C4=O)C3C2=O)cc1OC. The first-order chi connectivity index (χ1) is 17.8. The van der Waals surface area contributed by atoms with Gasteiger partial charge in [0.2, 0.25) is 29.0 Å². The van der Waals surface area contributed by atoms with Crippen LogP contribution in [0, 0.1) is 11.8 Å². The van der Waals surface area contributed by atoms with E-state index in [2.05, 4.69) is 0 Å². The maximum absolute atomic E-state index is 14.0. The molecule has 3 aliphatic rings. The van der Waals surface area contributed by atoms with E-state index >= 15 is 0 Å². The molecule has 186 valence electrons. The number of benzene rings is 3. The summed E-state index contributed by atoms with van der Waals surface area (Å²) in [7, 11) is 2.91. The van der Waals surface area contributed by atoms with E-state index in [1.807, 2.05) is 0 Å². The predicted molar refractivity (Wildman–Crippen MR) is 132 cm³/mol. The molecule has 3 aromatic rings. The molecule has 0 N–H and O–H groups in total. The van der Waals surface area contributed by atoms with E-state index in [1.165, 1.54) is 32.4 Å². The largest absolute Gasteiger partial charge is 0.493 e. The predicted octanol–water partition coefficient (Wildman–Crippen LogP) is 4.05. The molecule has 3 aromatic carbocycles. The van der Waals surface area contributed by atoms with Gasteiger partial charge >= 0.3 is 0 Å². The second kappa shape index (κ2) is 8.26. The highest BCUT2D eigenvalue weighted by atomic mass is 35.5. The molecule has 0 aromatic heterocycles. The number of rotatable bonds is 4. The van der Waals surface area contributed by atoms with Gasteiger partial charge in [-0.25, -0.2) is 4.90 Å². The lowest BCUT2D eigenvalue weighted by Crippen LogP contribution is -2.51. The Hall–Kier alpha value is -4.01. The summed E-state index contributed by atoms with van der Waals surface area (Å²) in [5.74, 6) is -4.21. The Morgan fingerprint density at radius 1 is 0.811 bits per heavy atom. The van der Waals surface area contributed by atoms with Crippen molar-refractivity contribution >= 4 is 40.7 Å². The molecule has 2 saturated heterocycles. The molecule has 2 fully saturated rings. The Labute approximate surface area is 216 Å². The maximum Gasteiger partial charge on any atom is 0.241 e. The first-order valence-electron chi connectivity index (χ1n) is 11.5. The fraction of sp³-hybridized carbons (Fsp3) is 0.214. The average Bonchev–Trinajstić information content (AvgIpc) is 3.48. The van der Waals surface area contributed by atoms with Gasteiger partial charge in [-0.05, 0) is 29.8 Å². The fourth-order valence-electron chi connectivity index (χ4n) is 5.69. The zero-order valence-electron chi connectivity index (χ0n) is 19.8. The summed E-state index contributed by atoms with van der Waals surface area (Å²) in [4.78, 5) is 56.6. The number of halogens is 1. The van der Waals surface area contributed by atoms with Crippen molar-refractivity contribution < 1.29 is 33.4 Å². The Balaban J connectivity index is 1.52. The van der Waals surface area contributed by atoms with Gasteiger partial charge in [0.25, 0.3) is 0 Å². The van der Waals surface area contributed by atoms with E-state index in [1.54, 1.807) is 48.5 Å². The second-order valence-electron chi connectivity index (χ2n) is 9.08. The Bertz CT molecular complexity index is 1460. The number of anilines is 1. The van der Waals surface area contributed by atoms with Crippen LogP contribution in [0.2, 0.25) is 5.02 Å². The molecule has 0 saturated carbocycles. The van der Waals surface area contributed by atoms with Crippen LogP contribution >= 0.6 is 11.6 Å². The monoisotopic (exact) mass is 517 g/mol. The Kier molecular flexibility index (Phi) is 5.22. The maximum atomic E-state index is 14.0. The first kappa shape index (κ1) is 23.4. The number of carbonyl (C=O) groups excluding carboxylic acids is 4. The molecule has 6 rings (SSSR count). The van der Waals surface area contributed by atoms with Gasteiger partial charge in [0.05, 0.1) is 37.8 Å². The second-order valence-corrected chi connectivity index (χ2v) is 9.52. The van der Waals surface area contributed by atoms with Crippen molar-refractivity contribution in [2.24, 2.45) is 11.8 Å². The van der Waals surface area contributed by atoms with E-state index in [9.17, 15) is 19.2 Å². The van der Waals surface area contributed by atoms with Crippen LogP contribution in [0.1, 0.15) is 32.4 Å². The van der Waals surface area contributed by atoms with Crippen molar-refractivity contribution in [3.63, 3.8) is 0 Å². The molecular weight excluding hydrogens is 498 g/mol. The minimum atomic E-state index is -2.14. The molecule has 9 heteroatoms. The molecule has 0 bridgehead atoms. The number of nitrogens with zero attached hydrogens (tertiary/aromatic N) is 1. The van der Waals surface area contributed by atoms with Gasteiger partial charge in [-0.3, -0.25) is 19.2 Å². The molecule has 3 unspecified atom stereocenters. The molecule has 37 heavy (non-hydrogen) atoms. The molecule has 2 aliphatic heterocycles. The van der Waals surface area contributed by atoms with Gasteiger partial charge in [0, 0.05) is 22.2 Å². The minimum absolute atomic E-state index is 0.174. The lowest BCUT2D eigenvalue weighted by Gasteiger charge is -2.27. The van der Waals surface area contributed by atoms with Crippen LogP contribution in [-0.2, 0) is 14.3 Å². The van der Waals surface area contributed by atoms with Crippen LogP contribution in [0.25, 0.3) is 0 Å². The average molecular weight is 518 g/mol. The van der Waals surface area contributed by atoms with E-state index in [4.69, 9.17) is 25.8 Å². The van der Waals surface area contributed by atoms with E-state index in [-0.39, 0.29) is 16.8 Å². The van der Waals surface area contributed by atoms with Gasteiger partial charge in [0.1, 0.15) is 0 Å². The number of imide groups is 1. The van der Waals surface area contributed by atoms with Crippen molar-refractivity contribution in [2.45, 2.75) is 11.7 Å². The molecule has 0 radical (unpaired) electrons. The lowest BCUT2D eigenvalue weighted by atomic mass is 9.77. The first-order valence-corrected chi connectivity index (χ1v) is 11.9. The van der Waals surface area contributed by atoms with Crippen molar-refractivity contribution in [2.75, 3.05) is 19.1 Å². The summed E-state index contributed by atoms with van der Waals surface area (Å²) < 4.78 is 16.9. The molecular formula is C28H20ClNO7. The van der Waals surface area contributed by atoms with Crippen LogP contribution < -0.4 is 14.4 Å². The normalized spacial score (nSPS) is 23.5. The number of amides is 2. The van der Waals surface area contributed by atoms with Gasteiger partial charge in [-0.15, -0.1) is 0 Å². The lowest BCUT2D eigenvalue weighted by molar-refractivity contribution is -0.127. The number of ether oxygens (including phenoxy) is 3. The van der Waals surface area contributed by atoms with Gasteiger partial charge in [-0.2, -0.15) is 0 Å². The minimum Gasteiger partial charge on any atom is -0.493 e. The number of fused-ring (bicyclic) bond motifs is 3. The quantitative estimate of drug-likeness (QED) is 0.380. The number of ketones is 2. The van der Waals surface area contributed by atoms with E-state index in [0.717, 1.165) is 4.90 Å². The third-order valence-corrected chi connectivity index (χ3v) is 7.59. The number of hydrogen-bond donors (Lipinski definition) is 0. The highest BCUT2D eigenvalue weighted by Crippen LogP contribution is 2.58. The van der Waals surface area contributed by atoms with Crippen LogP contribution in [0.5, 0.6) is 11.5 Å². The molecule has 3 atom stereocenters. The summed E-state index contributed by atoms with van der Waals surface area (Å²) >= 11 is 6.07. The summed E-state index contributed by atoms with van der Waals surface area (Å²) in [6.07, 6.45) is -1.02. The molecule has 8 nitrogen and oxygen atoms in total. The highest BCUT2D eigenvalue weighted by Gasteiger charge is 2.74. The molecule has 1 aliphatic carbocycles. The smallest absolute Gasteiger partial charge is 0.241 e. The van der Waals surface area contributed by atoms with E-state index in [0.29, 0.717) is 22.1 Å². The topological polar surface area (TPSA) is 99.2 Å². The van der Waals surface area contributed by atoms with Crippen LogP contribution in [-0.4, -0.2) is 43.2 Å². The standard InChI is InChI=1S/C28H20ClNO7/c1-35-19-12-11-16(13-20(19)36-2)30-26(33)21-22(27(30)34)28(37-23(21)14-7-9-15(29)10-8-14)24(31)17-5-3-4-6-18(17)25(28)32/h3-13,21-23H,1-2H3. The fourth-order valence-corrected chi connectivity index (χ4v) is 5.82. The summed E-state index contributed by atoms with van der Waals surface area (Å²) in [5.41, 5.74) is -1.03. The summed E-state index contributed by atoms with van der Waals surface area (Å²) in [6, 6.07) is 17.6. The van der Waals surface area contributed by atoms with Crippen LogP contribution in [0.3, 0.4) is 0 Å². The summed E-state index contributed by atoms with van der Waals surface area (Å²) in [5, 5.41) is 0.467. The van der Waals surface area contributed by atoms with E-state index < -0.39 is 46.9 Å². The highest BCUT2D eigenvalue weighted by molar-refractivity contribution is 6.37. The molecule has 1 spiro atoms. The Morgan fingerprint density at radius 2 is 1.43 bits per heavy atom. The van der Waals surface area contributed by atoms with Gasteiger partial charge in [0.15, 0.2) is 11.5 Å². The number of carbonyl (C=O) groups is 4. The number of methoxy groups -OCH3 is 2. The number of hydrogen-bond acceptors (Lipinski definition) is 7. The van der Waals surface area contributed by atoms with Crippen molar-refractivity contribution in [3.8, 4) is 11.5 Å². The number of Topliss-reactive ketones (excluding diaryl/α,β-unsaturated/α-hetero) is 2. The third-order valence-electron chi connectivity index (χ3n) is 7.34. The van der Waals surface area contributed by atoms with Gasteiger partial charge in [-0.1, -0.05) is 48.0 Å². The Morgan fingerprint density at radius 3 is 2.03 bits per heavy atom.